The lowest BCUT2D eigenvalue weighted by atomic mass is 9.82. The SMILES string of the molecule is CCOc1ccc(OC(=O)C2CCC(C(=O)Oc3ccc(OCC)cc3)CC2)cc1.CCOc1ccc2c(ccc3cc(OCC)ccc32)c1. The lowest BCUT2D eigenvalue weighted by Crippen LogP contribution is -2.30. The number of rotatable bonds is 12. The normalized spacial score (nSPS) is 15.4. The minimum absolute atomic E-state index is 0.203. The molecule has 1 aliphatic carbocycles. The zero-order chi connectivity index (χ0) is 35.3. The van der Waals surface area contributed by atoms with Crippen LogP contribution in [0.5, 0.6) is 34.5 Å². The van der Waals surface area contributed by atoms with Gasteiger partial charge < -0.3 is 28.4 Å². The third-order valence-electron chi connectivity index (χ3n) is 8.50. The minimum atomic E-state index is -0.252. The summed E-state index contributed by atoms with van der Waals surface area (Å²) in [6, 6.07) is 30.8. The second-order valence-corrected chi connectivity index (χ2v) is 11.9. The topological polar surface area (TPSA) is 89.5 Å². The molecular weight excluding hydrogens is 632 g/mol. The number of benzene rings is 5. The highest BCUT2D eigenvalue weighted by atomic mass is 16.5. The molecule has 0 aliphatic heterocycles. The molecule has 5 aromatic rings. The van der Waals surface area contributed by atoms with Crippen LogP contribution < -0.4 is 28.4 Å². The summed E-state index contributed by atoms with van der Waals surface area (Å²) >= 11 is 0. The van der Waals surface area contributed by atoms with Crippen LogP contribution in [0.3, 0.4) is 0 Å². The van der Waals surface area contributed by atoms with Crippen molar-refractivity contribution in [3.05, 3.63) is 97.1 Å². The molecule has 0 amide bonds. The highest BCUT2D eigenvalue weighted by Crippen LogP contribution is 2.33. The molecule has 1 aliphatic rings. The van der Waals surface area contributed by atoms with E-state index >= 15 is 0 Å². The monoisotopic (exact) mass is 678 g/mol. The number of carbonyl (C=O) groups excluding carboxylic acids is 2. The Balaban J connectivity index is 0.000000210. The van der Waals surface area contributed by atoms with Gasteiger partial charge in [-0.1, -0.05) is 24.3 Å². The smallest absolute Gasteiger partial charge is 0.314 e. The second kappa shape index (κ2) is 18.0. The summed E-state index contributed by atoms with van der Waals surface area (Å²) in [7, 11) is 0. The van der Waals surface area contributed by atoms with Gasteiger partial charge in [0.15, 0.2) is 0 Å². The zero-order valence-corrected chi connectivity index (χ0v) is 29.3. The molecule has 1 fully saturated rings. The maximum absolute atomic E-state index is 12.4. The average molecular weight is 679 g/mol. The van der Waals surface area contributed by atoms with Crippen molar-refractivity contribution in [1.29, 1.82) is 0 Å². The molecule has 8 heteroatoms. The Bertz CT molecular complexity index is 1700. The fraction of sp³-hybridized carbons (Fsp3) is 0.333. The predicted octanol–water partition coefficient (Wildman–Crippen LogP) is 9.59. The molecule has 50 heavy (non-hydrogen) atoms. The Kier molecular flexibility index (Phi) is 12.9. The van der Waals surface area contributed by atoms with Gasteiger partial charge in [0.25, 0.3) is 0 Å². The zero-order valence-electron chi connectivity index (χ0n) is 29.3. The minimum Gasteiger partial charge on any atom is -0.494 e. The number of fused-ring (bicyclic) bond motifs is 3. The van der Waals surface area contributed by atoms with Crippen molar-refractivity contribution < 1.29 is 38.0 Å². The van der Waals surface area contributed by atoms with E-state index < -0.39 is 0 Å². The molecule has 0 aromatic heterocycles. The van der Waals surface area contributed by atoms with Crippen LogP contribution in [0.25, 0.3) is 21.5 Å². The van der Waals surface area contributed by atoms with Crippen LogP contribution in [-0.2, 0) is 9.59 Å². The van der Waals surface area contributed by atoms with E-state index in [0.717, 1.165) is 23.0 Å². The maximum atomic E-state index is 12.4. The number of carbonyl (C=O) groups is 2. The summed E-state index contributed by atoms with van der Waals surface area (Å²) < 4.78 is 32.9. The first kappa shape index (κ1) is 36.1. The molecule has 5 aromatic carbocycles. The highest BCUT2D eigenvalue weighted by molar-refractivity contribution is 6.08. The first-order valence-corrected chi connectivity index (χ1v) is 17.5. The van der Waals surface area contributed by atoms with Gasteiger partial charge in [-0.3, -0.25) is 9.59 Å². The fourth-order valence-corrected chi connectivity index (χ4v) is 6.05. The van der Waals surface area contributed by atoms with E-state index in [0.29, 0.717) is 63.6 Å². The van der Waals surface area contributed by atoms with E-state index in [1.807, 2.05) is 39.8 Å². The van der Waals surface area contributed by atoms with Crippen molar-refractivity contribution in [3.8, 4) is 34.5 Å². The van der Waals surface area contributed by atoms with Crippen molar-refractivity contribution in [2.75, 3.05) is 26.4 Å². The van der Waals surface area contributed by atoms with Gasteiger partial charge in [0.2, 0.25) is 0 Å². The molecule has 0 radical (unpaired) electrons. The molecule has 8 nitrogen and oxygen atoms in total. The van der Waals surface area contributed by atoms with E-state index in [1.54, 1.807) is 48.5 Å². The van der Waals surface area contributed by atoms with Crippen LogP contribution in [0.2, 0.25) is 0 Å². The number of ether oxygens (including phenoxy) is 6. The molecule has 0 bridgehead atoms. The third kappa shape index (κ3) is 9.68. The summed E-state index contributed by atoms with van der Waals surface area (Å²) in [5, 5.41) is 4.89. The first-order chi connectivity index (χ1) is 24.4. The molecule has 1 saturated carbocycles. The lowest BCUT2D eigenvalue weighted by Gasteiger charge is -2.25. The van der Waals surface area contributed by atoms with Gasteiger partial charge in [-0.2, -0.15) is 0 Å². The van der Waals surface area contributed by atoms with Crippen LogP contribution in [0, 0.1) is 11.8 Å². The van der Waals surface area contributed by atoms with Gasteiger partial charge in [-0.25, -0.2) is 0 Å². The van der Waals surface area contributed by atoms with Crippen molar-refractivity contribution >= 4 is 33.5 Å². The van der Waals surface area contributed by atoms with E-state index in [9.17, 15) is 9.59 Å². The Morgan fingerprint density at radius 1 is 0.440 bits per heavy atom. The molecule has 0 saturated heterocycles. The summed E-state index contributed by atoms with van der Waals surface area (Å²) in [6.45, 7) is 10.4. The van der Waals surface area contributed by atoms with Crippen molar-refractivity contribution in [1.82, 2.24) is 0 Å². The van der Waals surface area contributed by atoms with E-state index in [1.165, 1.54) is 21.5 Å². The largest absolute Gasteiger partial charge is 0.494 e. The highest BCUT2D eigenvalue weighted by Gasteiger charge is 2.32. The third-order valence-corrected chi connectivity index (χ3v) is 8.50. The molecular formula is C42H46O8. The van der Waals surface area contributed by atoms with Crippen LogP contribution in [-0.4, -0.2) is 38.4 Å². The van der Waals surface area contributed by atoms with Gasteiger partial charge in [-0.15, -0.1) is 0 Å². The maximum Gasteiger partial charge on any atom is 0.314 e. The Hall–Kier alpha value is -5.24. The van der Waals surface area contributed by atoms with Gasteiger partial charge >= 0.3 is 11.9 Å². The van der Waals surface area contributed by atoms with Crippen LogP contribution >= 0.6 is 0 Å². The standard InChI is InChI=1S/C24H28O6.C18H18O2/c1-3-27-19-9-13-21(14-10-19)29-23(25)17-5-7-18(8-6-17)24(26)30-22-15-11-20(12-16-22)28-4-2;1-3-19-15-7-9-17-13(11-15)5-6-14-12-16(20-4-2)8-10-18(14)17/h9-18H,3-8H2,1-2H3;5-12H,3-4H2,1-2H3. The Morgan fingerprint density at radius 2 is 0.740 bits per heavy atom. The molecule has 0 atom stereocenters. The van der Waals surface area contributed by atoms with Crippen LogP contribution in [0.4, 0.5) is 0 Å². The van der Waals surface area contributed by atoms with Crippen molar-refractivity contribution in [2.45, 2.75) is 53.4 Å². The Morgan fingerprint density at radius 3 is 1.08 bits per heavy atom. The number of esters is 2. The van der Waals surface area contributed by atoms with Crippen molar-refractivity contribution in [2.24, 2.45) is 11.8 Å². The molecule has 262 valence electrons. The molecule has 0 unspecified atom stereocenters. The quantitative estimate of drug-likeness (QED) is 0.0732. The lowest BCUT2D eigenvalue weighted by molar-refractivity contribution is -0.145. The summed E-state index contributed by atoms with van der Waals surface area (Å²) in [5.74, 6) is 3.41. The van der Waals surface area contributed by atoms with Crippen LogP contribution in [0.15, 0.2) is 97.1 Å². The van der Waals surface area contributed by atoms with Gasteiger partial charge in [-0.05, 0) is 148 Å². The first-order valence-electron chi connectivity index (χ1n) is 17.5. The second-order valence-electron chi connectivity index (χ2n) is 11.9. The predicted molar refractivity (Wildman–Crippen MR) is 196 cm³/mol. The van der Waals surface area contributed by atoms with Gasteiger partial charge in [0.1, 0.15) is 34.5 Å². The Labute approximate surface area is 294 Å². The van der Waals surface area contributed by atoms with Gasteiger partial charge in [0, 0.05) is 0 Å². The van der Waals surface area contributed by atoms with Crippen LogP contribution in [0.1, 0.15) is 53.4 Å². The number of hydrogen-bond donors (Lipinski definition) is 0. The molecule has 6 rings (SSSR count). The van der Waals surface area contributed by atoms with E-state index in [2.05, 4.69) is 36.4 Å². The summed E-state index contributed by atoms with van der Waals surface area (Å²) in [6.07, 6.45) is 2.44. The summed E-state index contributed by atoms with van der Waals surface area (Å²) in [4.78, 5) is 24.9. The van der Waals surface area contributed by atoms with Gasteiger partial charge in [0.05, 0.1) is 38.3 Å². The summed E-state index contributed by atoms with van der Waals surface area (Å²) in [5.41, 5.74) is 0. The average Bonchev–Trinajstić information content (AvgIpc) is 3.14. The van der Waals surface area contributed by atoms with E-state index in [4.69, 9.17) is 28.4 Å². The van der Waals surface area contributed by atoms with E-state index in [-0.39, 0.29) is 23.8 Å². The molecule has 0 spiro atoms. The molecule has 0 N–H and O–H groups in total. The fourth-order valence-electron chi connectivity index (χ4n) is 6.05. The molecule has 0 heterocycles. The number of hydrogen-bond acceptors (Lipinski definition) is 8. The van der Waals surface area contributed by atoms with Crippen molar-refractivity contribution in [3.63, 3.8) is 0 Å².